The van der Waals surface area contributed by atoms with E-state index in [4.69, 9.17) is 9.47 Å². The summed E-state index contributed by atoms with van der Waals surface area (Å²) < 4.78 is 23.6. The van der Waals surface area contributed by atoms with Gasteiger partial charge >= 0.3 is 5.97 Å². The molecule has 0 aliphatic carbocycles. The van der Waals surface area contributed by atoms with E-state index in [1.165, 1.54) is 19.1 Å². The summed E-state index contributed by atoms with van der Waals surface area (Å²) in [6.07, 6.45) is -0.981. The first-order valence-electron chi connectivity index (χ1n) is 9.29. The van der Waals surface area contributed by atoms with Crippen molar-refractivity contribution < 1.29 is 23.5 Å². The van der Waals surface area contributed by atoms with E-state index in [0.717, 1.165) is 16.3 Å². The number of ether oxygens (including phenoxy) is 2. The maximum absolute atomic E-state index is 13.0. The van der Waals surface area contributed by atoms with Gasteiger partial charge in [-0.25, -0.2) is 9.18 Å². The Balaban J connectivity index is 1.48. The van der Waals surface area contributed by atoms with Crippen LogP contribution in [0.5, 0.6) is 5.75 Å². The van der Waals surface area contributed by atoms with Gasteiger partial charge in [-0.1, -0.05) is 42.5 Å². The molecule has 1 amide bonds. The van der Waals surface area contributed by atoms with Crippen LogP contribution in [-0.2, 0) is 14.3 Å². The first-order chi connectivity index (χ1) is 13.9. The maximum atomic E-state index is 13.0. The summed E-state index contributed by atoms with van der Waals surface area (Å²) in [5.41, 5.74) is 0.748. The highest BCUT2D eigenvalue weighted by Crippen LogP contribution is 2.20. The number of hydrogen-bond donors (Lipinski definition) is 1. The van der Waals surface area contributed by atoms with Crippen molar-refractivity contribution >= 4 is 22.6 Å². The number of halogens is 1. The molecule has 0 aliphatic rings. The maximum Gasteiger partial charge on any atom is 0.344 e. The van der Waals surface area contributed by atoms with Crippen molar-refractivity contribution in [2.75, 3.05) is 6.61 Å². The Kier molecular flexibility index (Phi) is 6.44. The first-order valence-corrected chi connectivity index (χ1v) is 9.29. The van der Waals surface area contributed by atoms with Crippen molar-refractivity contribution in [1.82, 2.24) is 5.32 Å². The van der Waals surface area contributed by atoms with Crippen LogP contribution in [0.15, 0.2) is 66.7 Å². The quantitative estimate of drug-likeness (QED) is 0.610. The SMILES string of the molecule is C[C@H](NC(=O)[C@@H](C)OC(=O)COc1ccc2ccccc2c1)c1ccc(F)cc1. The van der Waals surface area contributed by atoms with Crippen molar-refractivity contribution in [3.8, 4) is 5.75 Å². The molecule has 0 spiro atoms. The zero-order chi connectivity index (χ0) is 20.8. The van der Waals surface area contributed by atoms with Crippen molar-refractivity contribution in [2.45, 2.75) is 26.0 Å². The molecular formula is C23H22FNO4. The van der Waals surface area contributed by atoms with E-state index in [0.29, 0.717) is 5.75 Å². The number of esters is 1. The normalized spacial score (nSPS) is 12.8. The molecule has 0 bridgehead atoms. The molecule has 0 unspecified atom stereocenters. The number of fused-ring (bicyclic) bond motifs is 1. The Morgan fingerprint density at radius 3 is 2.38 bits per heavy atom. The van der Waals surface area contributed by atoms with Crippen LogP contribution in [0.4, 0.5) is 4.39 Å². The summed E-state index contributed by atoms with van der Waals surface area (Å²) >= 11 is 0. The highest BCUT2D eigenvalue weighted by molar-refractivity contribution is 5.85. The highest BCUT2D eigenvalue weighted by Gasteiger charge is 2.20. The van der Waals surface area contributed by atoms with Crippen LogP contribution >= 0.6 is 0 Å². The number of carbonyl (C=O) groups excluding carboxylic acids is 2. The minimum atomic E-state index is -0.981. The number of carbonyl (C=O) groups is 2. The van der Waals surface area contributed by atoms with Gasteiger partial charge in [0.2, 0.25) is 0 Å². The van der Waals surface area contributed by atoms with Crippen LogP contribution in [0.2, 0.25) is 0 Å². The van der Waals surface area contributed by atoms with Crippen molar-refractivity contribution in [1.29, 1.82) is 0 Å². The van der Waals surface area contributed by atoms with Crippen LogP contribution in [0, 0.1) is 5.82 Å². The lowest BCUT2D eigenvalue weighted by Gasteiger charge is -2.18. The zero-order valence-electron chi connectivity index (χ0n) is 16.2. The molecule has 6 heteroatoms. The second-order valence-electron chi connectivity index (χ2n) is 6.71. The Hall–Kier alpha value is -3.41. The molecule has 0 aromatic heterocycles. The van der Waals surface area contributed by atoms with Gasteiger partial charge in [-0.15, -0.1) is 0 Å². The minimum absolute atomic E-state index is 0.302. The molecule has 3 aromatic rings. The lowest BCUT2D eigenvalue weighted by Crippen LogP contribution is -2.38. The molecule has 5 nitrogen and oxygen atoms in total. The number of hydrogen-bond acceptors (Lipinski definition) is 4. The Labute approximate surface area is 168 Å². The molecule has 0 radical (unpaired) electrons. The molecule has 0 saturated carbocycles. The monoisotopic (exact) mass is 395 g/mol. The molecule has 3 rings (SSSR count). The third kappa shape index (κ3) is 5.54. The number of benzene rings is 3. The van der Waals surface area contributed by atoms with Gasteiger partial charge in [-0.2, -0.15) is 0 Å². The van der Waals surface area contributed by atoms with Gasteiger partial charge in [0, 0.05) is 0 Å². The van der Waals surface area contributed by atoms with Crippen LogP contribution < -0.4 is 10.1 Å². The average molecular weight is 395 g/mol. The predicted octanol–water partition coefficient (Wildman–Crippen LogP) is 4.17. The fourth-order valence-electron chi connectivity index (χ4n) is 2.85. The van der Waals surface area contributed by atoms with Crippen molar-refractivity contribution in [3.63, 3.8) is 0 Å². The summed E-state index contributed by atoms with van der Waals surface area (Å²) in [4.78, 5) is 24.3. The molecule has 0 fully saturated rings. The summed E-state index contributed by atoms with van der Waals surface area (Å²) in [5.74, 6) is -0.889. The van der Waals surface area contributed by atoms with Gasteiger partial charge < -0.3 is 14.8 Å². The molecule has 1 N–H and O–H groups in total. The molecule has 2 atom stereocenters. The van der Waals surface area contributed by atoms with E-state index >= 15 is 0 Å². The standard InChI is InChI=1S/C23H22FNO4/c1-15(17-7-10-20(24)11-8-17)25-23(27)16(2)29-22(26)14-28-21-12-9-18-5-3-4-6-19(18)13-21/h3-13,15-16H,14H2,1-2H3,(H,25,27)/t15-,16+/m0/s1. The fourth-order valence-corrected chi connectivity index (χ4v) is 2.85. The summed E-state index contributed by atoms with van der Waals surface area (Å²) in [7, 11) is 0. The lowest BCUT2D eigenvalue weighted by molar-refractivity contribution is -0.156. The van der Waals surface area contributed by atoms with Crippen LogP contribution in [0.25, 0.3) is 10.8 Å². The second kappa shape index (κ2) is 9.19. The second-order valence-corrected chi connectivity index (χ2v) is 6.71. The molecule has 3 aromatic carbocycles. The van der Waals surface area contributed by atoms with Gasteiger partial charge in [-0.3, -0.25) is 4.79 Å². The smallest absolute Gasteiger partial charge is 0.344 e. The fraction of sp³-hybridized carbons (Fsp3) is 0.217. The van der Waals surface area contributed by atoms with Gasteiger partial charge in [0.15, 0.2) is 12.7 Å². The van der Waals surface area contributed by atoms with E-state index in [1.807, 2.05) is 36.4 Å². The Morgan fingerprint density at radius 1 is 0.966 bits per heavy atom. The van der Waals surface area contributed by atoms with E-state index in [1.54, 1.807) is 25.1 Å². The van der Waals surface area contributed by atoms with Crippen LogP contribution in [0.1, 0.15) is 25.5 Å². The number of amides is 1. The van der Waals surface area contributed by atoms with Crippen LogP contribution in [-0.4, -0.2) is 24.6 Å². The lowest BCUT2D eigenvalue weighted by atomic mass is 10.1. The zero-order valence-corrected chi connectivity index (χ0v) is 16.2. The Bertz CT molecular complexity index is 1000. The van der Waals surface area contributed by atoms with Crippen LogP contribution in [0.3, 0.4) is 0 Å². The predicted molar refractivity (Wildman–Crippen MR) is 108 cm³/mol. The summed E-state index contributed by atoms with van der Waals surface area (Å²) in [6, 6.07) is 18.8. The number of rotatable bonds is 7. The largest absolute Gasteiger partial charge is 0.482 e. The minimum Gasteiger partial charge on any atom is -0.482 e. The molecule has 150 valence electrons. The Morgan fingerprint density at radius 2 is 1.66 bits per heavy atom. The molecule has 0 saturated heterocycles. The van der Waals surface area contributed by atoms with Gasteiger partial charge in [0.05, 0.1) is 6.04 Å². The van der Waals surface area contributed by atoms with E-state index in [2.05, 4.69) is 5.32 Å². The summed E-state index contributed by atoms with van der Waals surface area (Å²) in [6.45, 7) is 2.95. The highest BCUT2D eigenvalue weighted by atomic mass is 19.1. The van der Waals surface area contributed by atoms with Crippen molar-refractivity contribution in [3.05, 3.63) is 78.1 Å². The third-order valence-corrected chi connectivity index (χ3v) is 4.48. The van der Waals surface area contributed by atoms with E-state index < -0.39 is 18.0 Å². The third-order valence-electron chi connectivity index (χ3n) is 4.48. The average Bonchev–Trinajstić information content (AvgIpc) is 2.72. The first kappa shape index (κ1) is 20.3. The van der Waals surface area contributed by atoms with Gasteiger partial charge in [-0.05, 0) is 54.4 Å². The number of nitrogens with one attached hydrogen (secondary N) is 1. The van der Waals surface area contributed by atoms with Crippen molar-refractivity contribution in [2.24, 2.45) is 0 Å². The molecular weight excluding hydrogens is 373 g/mol. The van der Waals surface area contributed by atoms with Gasteiger partial charge in [0.1, 0.15) is 11.6 Å². The molecule has 29 heavy (non-hydrogen) atoms. The molecule has 0 aliphatic heterocycles. The van der Waals surface area contributed by atoms with E-state index in [9.17, 15) is 14.0 Å². The summed E-state index contributed by atoms with van der Waals surface area (Å²) in [5, 5.41) is 4.81. The van der Waals surface area contributed by atoms with Gasteiger partial charge in [0.25, 0.3) is 5.91 Å². The van der Waals surface area contributed by atoms with E-state index in [-0.39, 0.29) is 18.5 Å². The molecule has 0 heterocycles. The topological polar surface area (TPSA) is 64.6 Å².